The van der Waals surface area contributed by atoms with Crippen molar-refractivity contribution in [2.45, 2.75) is 30.2 Å². The van der Waals surface area contributed by atoms with Crippen LogP contribution in [0, 0.1) is 5.82 Å². The number of allylic oxidation sites excluding steroid dienone is 1. The van der Waals surface area contributed by atoms with Crippen LogP contribution in [0.4, 0.5) is 4.39 Å². The Hall–Kier alpha value is -1.54. The number of amides is 2. The lowest BCUT2D eigenvalue weighted by molar-refractivity contribution is -0.129. The van der Waals surface area contributed by atoms with E-state index < -0.39 is 5.91 Å². The molecule has 0 radical (unpaired) electrons. The zero-order valence-corrected chi connectivity index (χ0v) is 15.4. The van der Waals surface area contributed by atoms with Gasteiger partial charge in [0.25, 0.3) is 5.91 Å². The van der Waals surface area contributed by atoms with Gasteiger partial charge in [-0.25, -0.2) is 4.39 Å². The van der Waals surface area contributed by atoms with Gasteiger partial charge in [-0.2, -0.15) is 0 Å². The van der Waals surface area contributed by atoms with E-state index in [4.69, 9.17) is 5.73 Å². The molecule has 2 unspecified atom stereocenters. The van der Waals surface area contributed by atoms with E-state index in [0.29, 0.717) is 18.0 Å². The maximum Gasteiger partial charge on any atom is 0.257 e. The van der Waals surface area contributed by atoms with Crippen LogP contribution in [0.15, 0.2) is 34.9 Å². The first-order valence-corrected chi connectivity index (χ1v) is 9.31. The van der Waals surface area contributed by atoms with Gasteiger partial charge < -0.3 is 15.5 Å². The van der Waals surface area contributed by atoms with E-state index >= 15 is 0 Å². The number of thioether (sulfide) groups is 1. The fraction of sp³-hybridized carbons (Fsp3) is 0.375. The van der Waals surface area contributed by atoms with Crippen LogP contribution in [-0.2, 0) is 16.1 Å². The first-order valence-electron chi connectivity index (χ1n) is 7.51. The van der Waals surface area contributed by atoms with Crippen LogP contribution in [0.5, 0.6) is 0 Å². The number of carbonyl (C=O) groups excluding carboxylic acids is 2. The highest BCUT2D eigenvalue weighted by molar-refractivity contribution is 9.10. The number of benzene rings is 1. The summed E-state index contributed by atoms with van der Waals surface area (Å²) in [6.45, 7) is 2.91. The molecule has 3 rings (SSSR count). The second-order valence-electron chi connectivity index (χ2n) is 5.77. The van der Waals surface area contributed by atoms with Crippen molar-refractivity contribution in [3.8, 4) is 0 Å². The van der Waals surface area contributed by atoms with Gasteiger partial charge in [-0.15, -0.1) is 0 Å². The Morgan fingerprint density at radius 3 is 2.62 bits per heavy atom. The van der Waals surface area contributed by atoms with E-state index in [0.717, 1.165) is 17.7 Å². The summed E-state index contributed by atoms with van der Waals surface area (Å²) in [5.74, 6) is -0.783. The Kier molecular flexibility index (Phi) is 4.87. The molecule has 2 N–H and O–H groups in total. The van der Waals surface area contributed by atoms with Crippen LogP contribution >= 0.6 is 27.7 Å². The number of hydrogen-bond acceptors (Lipinski definition) is 4. The number of nitrogens with zero attached hydrogens (tertiary/aromatic N) is 2. The normalized spacial score (nSPS) is 24.2. The Balaban J connectivity index is 1.89. The molecule has 24 heavy (non-hydrogen) atoms. The minimum Gasteiger partial charge on any atom is -0.365 e. The summed E-state index contributed by atoms with van der Waals surface area (Å²) in [5.41, 5.74) is 6.81. The van der Waals surface area contributed by atoms with Gasteiger partial charge in [0.05, 0.1) is 9.73 Å². The van der Waals surface area contributed by atoms with Gasteiger partial charge in [-0.1, -0.05) is 39.8 Å². The molecule has 5 nitrogen and oxygen atoms in total. The van der Waals surface area contributed by atoms with Gasteiger partial charge >= 0.3 is 0 Å². The average Bonchev–Trinajstić information content (AvgIpc) is 3.03. The number of alkyl halides is 1. The summed E-state index contributed by atoms with van der Waals surface area (Å²) < 4.78 is 13.1. The lowest BCUT2D eigenvalue weighted by Gasteiger charge is -2.34. The second-order valence-corrected chi connectivity index (χ2v) is 7.94. The maximum atomic E-state index is 13.1. The zero-order valence-electron chi connectivity index (χ0n) is 13.0. The number of hydrogen-bond donors (Lipinski definition) is 1. The molecule has 0 saturated carbocycles. The molecular formula is C16H17BrFN3O2S. The van der Waals surface area contributed by atoms with Crippen molar-refractivity contribution in [2.24, 2.45) is 5.73 Å². The van der Waals surface area contributed by atoms with Crippen LogP contribution in [0.1, 0.15) is 18.9 Å². The third-order valence-corrected chi connectivity index (χ3v) is 6.48. The van der Waals surface area contributed by atoms with Crippen LogP contribution in [-0.4, -0.2) is 38.5 Å². The molecule has 2 aliphatic rings. The fourth-order valence-corrected chi connectivity index (χ4v) is 4.67. The molecule has 1 saturated heterocycles. The minimum absolute atomic E-state index is 0.00938. The topological polar surface area (TPSA) is 66.6 Å². The summed E-state index contributed by atoms with van der Waals surface area (Å²) >= 11 is 4.68. The number of carbonyl (C=O) groups is 2. The quantitative estimate of drug-likeness (QED) is 0.769. The second kappa shape index (κ2) is 6.76. The summed E-state index contributed by atoms with van der Waals surface area (Å²) in [5, 5.41) is 0. The van der Waals surface area contributed by atoms with Crippen molar-refractivity contribution in [3.63, 3.8) is 0 Å². The highest BCUT2D eigenvalue weighted by atomic mass is 79.9. The van der Waals surface area contributed by atoms with Crippen molar-refractivity contribution in [1.29, 1.82) is 0 Å². The van der Waals surface area contributed by atoms with E-state index in [2.05, 4.69) is 15.9 Å². The molecule has 1 aromatic rings. The molecule has 0 aromatic heterocycles. The Morgan fingerprint density at radius 2 is 2.08 bits per heavy atom. The maximum absolute atomic E-state index is 13.1. The molecule has 1 aromatic carbocycles. The van der Waals surface area contributed by atoms with Crippen molar-refractivity contribution < 1.29 is 14.0 Å². The molecule has 2 amide bonds. The SMILES string of the molecule is CC1=C(C(N)=O)SC(N2CCC(Br)C2=O)N1Cc1ccc(F)cc1. The molecule has 0 aliphatic carbocycles. The summed E-state index contributed by atoms with van der Waals surface area (Å²) in [4.78, 5) is 28.1. The minimum atomic E-state index is -0.494. The monoisotopic (exact) mass is 413 g/mol. The lowest BCUT2D eigenvalue weighted by atomic mass is 10.2. The van der Waals surface area contributed by atoms with Crippen LogP contribution in [0.2, 0.25) is 0 Å². The van der Waals surface area contributed by atoms with Crippen molar-refractivity contribution in [3.05, 3.63) is 46.2 Å². The lowest BCUT2D eigenvalue weighted by Crippen LogP contribution is -2.44. The van der Waals surface area contributed by atoms with Gasteiger partial charge in [0.15, 0.2) is 5.50 Å². The predicted molar refractivity (Wildman–Crippen MR) is 94.3 cm³/mol. The van der Waals surface area contributed by atoms with E-state index in [1.165, 1.54) is 23.9 Å². The largest absolute Gasteiger partial charge is 0.365 e. The highest BCUT2D eigenvalue weighted by Gasteiger charge is 2.42. The summed E-state index contributed by atoms with van der Waals surface area (Å²) in [6, 6.07) is 6.20. The van der Waals surface area contributed by atoms with Gasteiger partial charge in [0.2, 0.25) is 5.91 Å². The fourth-order valence-electron chi connectivity index (χ4n) is 2.89. The Morgan fingerprint density at radius 1 is 1.42 bits per heavy atom. The summed E-state index contributed by atoms with van der Waals surface area (Å²) in [6.07, 6.45) is 0.727. The van der Waals surface area contributed by atoms with Gasteiger partial charge in [-0.05, 0) is 31.0 Å². The molecule has 128 valence electrons. The van der Waals surface area contributed by atoms with Crippen LogP contribution in [0.3, 0.4) is 0 Å². The number of likely N-dealkylation sites (tertiary alicyclic amines) is 1. The number of rotatable bonds is 4. The van der Waals surface area contributed by atoms with Gasteiger partial charge in [0, 0.05) is 18.8 Å². The standard InChI is InChI=1S/C16H17BrFN3O2S/c1-9-13(14(19)22)24-16(20-7-6-12(17)15(20)23)21(9)8-10-2-4-11(18)5-3-10/h2-5,12,16H,6-8H2,1H3,(H2,19,22). The first kappa shape index (κ1) is 17.3. The number of primary amides is 1. The smallest absolute Gasteiger partial charge is 0.257 e. The van der Waals surface area contributed by atoms with Gasteiger partial charge in [-0.3, -0.25) is 9.59 Å². The number of nitrogens with two attached hydrogens (primary N) is 1. The van der Waals surface area contributed by atoms with E-state index in [1.54, 1.807) is 17.0 Å². The third kappa shape index (κ3) is 3.17. The molecule has 2 heterocycles. The van der Waals surface area contributed by atoms with E-state index in [1.807, 2.05) is 11.8 Å². The van der Waals surface area contributed by atoms with E-state index in [-0.39, 0.29) is 22.0 Å². The first-order chi connectivity index (χ1) is 11.4. The Labute approximate surface area is 152 Å². The molecule has 0 spiro atoms. The van der Waals surface area contributed by atoms with E-state index in [9.17, 15) is 14.0 Å². The molecule has 2 aliphatic heterocycles. The highest BCUT2D eigenvalue weighted by Crippen LogP contribution is 2.42. The van der Waals surface area contributed by atoms with Crippen LogP contribution in [0.25, 0.3) is 0 Å². The third-order valence-electron chi connectivity index (χ3n) is 4.18. The molecule has 1 fully saturated rings. The summed E-state index contributed by atoms with van der Waals surface area (Å²) in [7, 11) is 0. The number of halogens is 2. The molecule has 2 atom stereocenters. The van der Waals surface area contributed by atoms with Crippen molar-refractivity contribution in [1.82, 2.24) is 9.80 Å². The molecule has 0 bridgehead atoms. The Bertz CT molecular complexity index is 710. The van der Waals surface area contributed by atoms with Crippen molar-refractivity contribution >= 4 is 39.5 Å². The molecular weight excluding hydrogens is 397 g/mol. The average molecular weight is 414 g/mol. The van der Waals surface area contributed by atoms with Gasteiger partial charge in [0.1, 0.15) is 5.82 Å². The predicted octanol–water partition coefficient (Wildman–Crippen LogP) is 2.37. The van der Waals surface area contributed by atoms with Crippen LogP contribution < -0.4 is 5.73 Å². The van der Waals surface area contributed by atoms with Crippen molar-refractivity contribution in [2.75, 3.05) is 6.54 Å². The zero-order chi connectivity index (χ0) is 17.4. The molecule has 8 heteroatoms.